The highest BCUT2D eigenvalue weighted by atomic mass is 32.2. The molecule has 0 unspecified atom stereocenters. The molecule has 3 rings (SSSR count). The molecule has 0 radical (unpaired) electrons. The molecular weight excluding hydrogens is 343 g/mol. The first kappa shape index (κ1) is 17.5. The number of nitrogens with zero attached hydrogens (tertiary/aromatic N) is 1. The molecule has 1 aromatic rings. The lowest BCUT2D eigenvalue weighted by atomic mass is 9.91. The van der Waals surface area contributed by atoms with Gasteiger partial charge in [-0.25, -0.2) is 8.42 Å². The van der Waals surface area contributed by atoms with Gasteiger partial charge < -0.3 is 4.74 Å². The minimum Gasteiger partial charge on any atom is -0.489 e. The Morgan fingerprint density at radius 1 is 1.25 bits per heavy atom. The van der Waals surface area contributed by atoms with Crippen molar-refractivity contribution in [1.29, 1.82) is 0 Å². The van der Waals surface area contributed by atoms with Crippen molar-refractivity contribution in [2.75, 3.05) is 31.1 Å². The quantitative estimate of drug-likeness (QED) is 0.825. The van der Waals surface area contributed by atoms with Crippen LogP contribution in [0.25, 0.3) is 0 Å². The van der Waals surface area contributed by atoms with Gasteiger partial charge in [-0.15, -0.1) is 0 Å². The van der Waals surface area contributed by atoms with E-state index in [1.54, 1.807) is 0 Å². The summed E-state index contributed by atoms with van der Waals surface area (Å²) in [5.41, 5.74) is -0.789. The van der Waals surface area contributed by atoms with Gasteiger partial charge in [0.15, 0.2) is 9.84 Å². The summed E-state index contributed by atoms with van der Waals surface area (Å²) >= 11 is 0. The number of ether oxygens (including phenoxy) is 1. The Kier molecular flexibility index (Phi) is 4.32. The van der Waals surface area contributed by atoms with Crippen LogP contribution in [0.5, 0.6) is 5.75 Å². The van der Waals surface area contributed by atoms with Gasteiger partial charge in [-0.2, -0.15) is 13.2 Å². The van der Waals surface area contributed by atoms with Crippen molar-refractivity contribution in [2.45, 2.75) is 25.6 Å². The maximum atomic E-state index is 12.5. The molecule has 2 saturated heterocycles. The Labute approximate surface area is 139 Å². The van der Waals surface area contributed by atoms with E-state index in [4.69, 9.17) is 4.74 Å². The normalized spacial score (nSPS) is 23.8. The zero-order valence-corrected chi connectivity index (χ0v) is 14.2. The summed E-state index contributed by atoms with van der Waals surface area (Å²) < 4.78 is 66.0. The van der Waals surface area contributed by atoms with Gasteiger partial charge >= 0.3 is 6.18 Å². The second-order valence-electron chi connectivity index (χ2n) is 6.97. The van der Waals surface area contributed by atoms with E-state index in [1.165, 1.54) is 12.1 Å². The number of likely N-dealkylation sites (tertiary alicyclic amines) is 1. The van der Waals surface area contributed by atoms with Gasteiger partial charge in [0.05, 0.1) is 17.1 Å². The lowest BCUT2D eigenvalue weighted by Gasteiger charge is -2.37. The molecule has 0 aliphatic carbocycles. The third kappa shape index (κ3) is 3.85. The fourth-order valence-corrected chi connectivity index (χ4v) is 5.92. The molecule has 0 bridgehead atoms. The van der Waals surface area contributed by atoms with Crippen molar-refractivity contribution in [3.05, 3.63) is 29.8 Å². The number of hydrogen-bond acceptors (Lipinski definition) is 4. The zero-order chi connectivity index (χ0) is 17.6. The van der Waals surface area contributed by atoms with Crippen molar-refractivity contribution in [3.63, 3.8) is 0 Å². The van der Waals surface area contributed by atoms with Crippen molar-refractivity contribution in [1.82, 2.24) is 4.90 Å². The van der Waals surface area contributed by atoms with Crippen LogP contribution >= 0.6 is 0 Å². The summed E-state index contributed by atoms with van der Waals surface area (Å²) in [6.45, 7) is 4.06. The number of benzene rings is 1. The first-order valence-corrected chi connectivity index (χ1v) is 9.66. The predicted molar refractivity (Wildman–Crippen MR) is 83.7 cm³/mol. The zero-order valence-electron chi connectivity index (χ0n) is 13.3. The number of alkyl halides is 3. The Morgan fingerprint density at radius 3 is 2.42 bits per heavy atom. The molecule has 1 atom stereocenters. The van der Waals surface area contributed by atoms with Gasteiger partial charge in [-0.1, -0.05) is 0 Å². The molecule has 0 N–H and O–H groups in total. The highest BCUT2D eigenvalue weighted by molar-refractivity contribution is 7.92. The van der Waals surface area contributed by atoms with Gasteiger partial charge in [0.2, 0.25) is 0 Å². The van der Waals surface area contributed by atoms with Crippen LogP contribution in [0.2, 0.25) is 0 Å². The van der Waals surface area contributed by atoms with Crippen molar-refractivity contribution in [2.24, 2.45) is 5.41 Å². The first-order valence-electron chi connectivity index (χ1n) is 7.84. The molecule has 0 amide bonds. The topological polar surface area (TPSA) is 46.6 Å². The Balaban J connectivity index is 1.50. The Hall–Kier alpha value is -1.28. The molecule has 0 aromatic heterocycles. The highest BCUT2D eigenvalue weighted by Crippen LogP contribution is 2.41. The number of halogens is 3. The summed E-state index contributed by atoms with van der Waals surface area (Å²) in [6.07, 6.45) is -3.66. The summed E-state index contributed by atoms with van der Waals surface area (Å²) in [6, 6.07) is 4.66. The lowest BCUT2D eigenvalue weighted by Crippen LogP contribution is -2.50. The molecular formula is C16H20F3NO3S. The van der Waals surface area contributed by atoms with E-state index in [2.05, 4.69) is 4.90 Å². The number of hydrogen-bond donors (Lipinski definition) is 0. The van der Waals surface area contributed by atoms with E-state index in [0.29, 0.717) is 12.3 Å². The Morgan fingerprint density at radius 2 is 1.88 bits per heavy atom. The Bertz CT molecular complexity index is 688. The number of rotatable bonds is 4. The summed E-state index contributed by atoms with van der Waals surface area (Å²) in [4.78, 5) is 2.17. The second-order valence-corrected chi connectivity index (χ2v) is 9.03. The molecule has 0 saturated carbocycles. The SMILES string of the molecule is C[C@@H](CN1CCC2(C1)CS(=O)(=O)C2)Oc1ccc(C(F)(F)F)cc1. The van der Waals surface area contributed by atoms with Gasteiger partial charge in [-0.05, 0) is 44.2 Å². The van der Waals surface area contributed by atoms with Gasteiger partial charge in [-0.3, -0.25) is 4.90 Å². The maximum Gasteiger partial charge on any atom is 0.416 e. The molecule has 134 valence electrons. The standard InChI is InChI=1S/C16H20F3NO3S/c1-12(23-14-4-2-13(3-5-14)16(17,18)19)8-20-7-6-15(9-20)10-24(21,22)11-15/h2-5,12H,6-11H2,1H3/t12-/m0/s1. The molecule has 2 aliphatic heterocycles. The van der Waals surface area contributed by atoms with Crippen LogP contribution in [0.1, 0.15) is 18.9 Å². The van der Waals surface area contributed by atoms with Crippen LogP contribution in [-0.2, 0) is 16.0 Å². The second kappa shape index (κ2) is 5.91. The van der Waals surface area contributed by atoms with Crippen LogP contribution in [0, 0.1) is 5.41 Å². The first-order chi connectivity index (χ1) is 11.1. The summed E-state index contributed by atoms with van der Waals surface area (Å²) in [7, 11) is -2.84. The van der Waals surface area contributed by atoms with Crippen LogP contribution in [-0.4, -0.2) is 50.6 Å². The molecule has 8 heteroatoms. The van der Waals surface area contributed by atoms with E-state index in [1.807, 2.05) is 6.92 Å². The minimum atomic E-state index is -4.35. The van der Waals surface area contributed by atoms with Crippen LogP contribution in [0.3, 0.4) is 0 Å². The minimum absolute atomic E-state index is 0.0904. The van der Waals surface area contributed by atoms with Gasteiger partial charge in [0.25, 0.3) is 0 Å². The van der Waals surface area contributed by atoms with E-state index in [-0.39, 0.29) is 23.0 Å². The lowest BCUT2D eigenvalue weighted by molar-refractivity contribution is -0.137. The van der Waals surface area contributed by atoms with Crippen molar-refractivity contribution in [3.8, 4) is 5.75 Å². The van der Waals surface area contributed by atoms with E-state index >= 15 is 0 Å². The fourth-order valence-electron chi connectivity index (χ4n) is 3.67. The monoisotopic (exact) mass is 363 g/mol. The van der Waals surface area contributed by atoms with Gasteiger partial charge in [0, 0.05) is 18.5 Å². The predicted octanol–water partition coefficient (Wildman–Crippen LogP) is 2.59. The smallest absolute Gasteiger partial charge is 0.416 e. The summed E-state index contributed by atoms with van der Waals surface area (Å²) in [5.74, 6) is 0.936. The van der Waals surface area contributed by atoms with E-state index in [9.17, 15) is 21.6 Å². The van der Waals surface area contributed by atoms with Crippen LogP contribution in [0.4, 0.5) is 13.2 Å². The van der Waals surface area contributed by atoms with E-state index in [0.717, 1.165) is 31.6 Å². The molecule has 1 aromatic carbocycles. The average Bonchev–Trinajstić information content (AvgIpc) is 2.79. The van der Waals surface area contributed by atoms with Crippen LogP contribution in [0.15, 0.2) is 24.3 Å². The fraction of sp³-hybridized carbons (Fsp3) is 0.625. The average molecular weight is 363 g/mol. The largest absolute Gasteiger partial charge is 0.489 e. The van der Waals surface area contributed by atoms with Crippen molar-refractivity contribution >= 4 is 9.84 Å². The highest BCUT2D eigenvalue weighted by Gasteiger charge is 2.52. The molecule has 24 heavy (non-hydrogen) atoms. The molecule has 4 nitrogen and oxygen atoms in total. The van der Waals surface area contributed by atoms with E-state index < -0.39 is 21.6 Å². The molecule has 2 fully saturated rings. The van der Waals surface area contributed by atoms with Crippen molar-refractivity contribution < 1.29 is 26.3 Å². The van der Waals surface area contributed by atoms with Crippen LogP contribution < -0.4 is 4.74 Å². The van der Waals surface area contributed by atoms with Gasteiger partial charge in [0.1, 0.15) is 11.9 Å². The molecule has 2 heterocycles. The number of sulfone groups is 1. The maximum absolute atomic E-state index is 12.5. The molecule has 1 spiro atoms. The molecule has 2 aliphatic rings. The third-order valence-electron chi connectivity index (χ3n) is 4.60. The summed E-state index contributed by atoms with van der Waals surface area (Å²) in [5, 5.41) is 0. The third-order valence-corrected chi connectivity index (χ3v) is 6.71.